The van der Waals surface area contributed by atoms with E-state index in [2.05, 4.69) is 61.9 Å². The first-order chi connectivity index (χ1) is 21.3. The number of aryl methyl sites for hydroxylation is 3. The fraction of sp³-hybridized carbons (Fsp3) is 0.250. The monoisotopic (exact) mass is 631 g/mol. The summed E-state index contributed by atoms with van der Waals surface area (Å²) in [5.74, 6) is 2.94. The normalized spacial score (nSPS) is 13.8. The zero-order chi connectivity index (χ0) is 30.6. The minimum absolute atomic E-state index is 0.720. The number of benzene rings is 3. The average Bonchev–Trinajstić information content (AvgIpc) is 3.28. The summed E-state index contributed by atoms with van der Waals surface area (Å²) >= 11 is 11.8. The number of hydrogen-bond donors (Lipinski definition) is 5. The second-order valence-electron chi connectivity index (χ2n) is 10.7. The molecule has 5 heterocycles. The lowest BCUT2D eigenvalue weighted by Crippen LogP contribution is -1.99. The Morgan fingerprint density at radius 3 is 1.91 bits per heavy atom. The van der Waals surface area contributed by atoms with Gasteiger partial charge in [0, 0.05) is 61.0 Å². The predicted octanol–water partition coefficient (Wildman–Crippen LogP) is 7.67. The maximum absolute atomic E-state index is 5.98. The molecule has 5 N–H and O–H groups in total. The Morgan fingerprint density at radius 2 is 1.25 bits per heavy atom. The molecular formula is C32H35Cl2N9O. The Bertz CT molecular complexity index is 1680. The topological polar surface area (TPSA) is 105 Å². The largest absolute Gasteiger partial charge is 0.491 e. The van der Waals surface area contributed by atoms with Crippen molar-refractivity contribution < 1.29 is 4.74 Å². The fourth-order valence-corrected chi connectivity index (χ4v) is 5.45. The van der Waals surface area contributed by atoms with Gasteiger partial charge in [0.15, 0.2) is 0 Å². The van der Waals surface area contributed by atoms with Gasteiger partial charge in [0.1, 0.15) is 17.4 Å². The van der Waals surface area contributed by atoms with E-state index < -0.39 is 0 Å². The Hall–Kier alpha value is -4.54. The first-order valence-corrected chi connectivity index (χ1v) is 15.2. The first kappa shape index (κ1) is 29.5. The number of nitrogens with zero attached hydrogens (tertiary/aromatic N) is 4. The van der Waals surface area contributed by atoms with Crippen LogP contribution in [0.4, 0.5) is 40.1 Å². The van der Waals surface area contributed by atoms with Crippen molar-refractivity contribution in [2.75, 3.05) is 39.7 Å². The number of hydrogen-bond acceptors (Lipinski definition) is 8. The van der Waals surface area contributed by atoms with Crippen molar-refractivity contribution in [3.63, 3.8) is 0 Å². The van der Waals surface area contributed by atoms with Crippen molar-refractivity contribution >= 4 is 63.3 Å². The molecule has 3 aliphatic rings. The van der Waals surface area contributed by atoms with Gasteiger partial charge in [-0.25, -0.2) is 0 Å². The summed E-state index contributed by atoms with van der Waals surface area (Å²) in [6.07, 6.45) is 4.79. The molecule has 8 rings (SSSR count). The van der Waals surface area contributed by atoms with Gasteiger partial charge >= 0.3 is 0 Å². The number of nitrogens with one attached hydrogen (secondary N) is 5. The minimum atomic E-state index is 0.720. The molecule has 0 fully saturated rings. The van der Waals surface area contributed by atoms with Gasteiger partial charge in [-0.3, -0.25) is 9.36 Å². The predicted molar refractivity (Wildman–Crippen MR) is 180 cm³/mol. The second-order valence-corrected chi connectivity index (χ2v) is 11.6. The molecule has 10 nitrogen and oxygen atoms in total. The van der Waals surface area contributed by atoms with Crippen molar-refractivity contribution in [1.29, 1.82) is 0 Å². The molecule has 5 aromatic rings. The van der Waals surface area contributed by atoms with Crippen LogP contribution < -0.4 is 31.3 Å². The highest BCUT2D eigenvalue weighted by Gasteiger charge is 2.16. The van der Waals surface area contributed by atoms with Crippen LogP contribution in [-0.4, -0.2) is 32.7 Å². The third-order valence-electron chi connectivity index (χ3n) is 7.47. The quantitative estimate of drug-likeness (QED) is 0.119. The van der Waals surface area contributed by atoms with Crippen LogP contribution in [-0.2, 0) is 27.2 Å². The van der Waals surface area contributed by atoms with Crippen LogP contribution in [0.3, 0.4) is 0 Å². The van der Waals surface area contributed by atoms with E-state index in [-0.39, 0.29) is 0 Å². The van der Waals surface area contributed by atoms with Crippen LogP contribution >= 0.6 is 23.2 Å². The molecule has 0 bridgehead atoms. The Balaban J connectivity index is 0.000000118. The lowest BCUT2D eigenvalue weighted by atomic mass is 10.2. The maximum Gasteiger partial charge on any atom is 0.143 e. The zero-order valence-electron chi connectivity index (χ0n) is 24.8. The van der Waals surface area contributed by atoms with Crippen molar-refractivity contribution in [2.24, 2.45) is 14.1 Å². The minimum Gasteiger partial charge on any atom is -0.491 e. The van der Waals surface area contributed by atoms with E-state index in [1.54, 1.807) is 0 Å². The molecular weight excluding hydrogens is 597 g/mol. The number of aromatic nitrogens is 4. The van der Waals surface area contributed by atoms with Crippen LogP contribution in [0.15, 0.2) is 67.0 Å². The molecule has 0 radical (unpaired) electrons. The molecule has 3 aromatic carbocycles. The van der Waals surface area contributed by atoms with Gasteiger partial charge in [0.2, 0.25) is 0 Å². The van der Waals surface area contributed by atoms with Crippen molar-refractivity contribution in [3.8, 4) is 5.75 Å². The lowest BCUT2D eigenvalue weighted by molar-refractivity contribution is 0.323. The maximum atomic E-state index is 5.98. The molecule has 0 spiro atoms. The molecule has 228 valence electrons. The number of fused-ring (bicyclic) bond motifs is 5. The molecule has 0 saturated carbocycles. The number of rotatable bonds is 0. The van der Waals surface area contributed by atoms with Gasteiger partial charge in [0.25, 0.3) is 0 Å². The van der Waals surface area contributed by atoms with E-state index in [0.29, 0.717) is 0 Å². The van der Waals surface area contributed by atoms with Crippen molar-refractivity contribution in [3.05, 3.63) is 93.7 Å². The molecule has 0 unspecified atom stereocenters. The van der Waals surface area contributed by atoms with Crippen molar-refractivity contribution in [2.45, 2.75) is 26.4 Å². The van der Waals surface area contributed by atoms with Crippen molar-refractivity contribution in [1.82, 2.24) is 19.6 Å². The summed E-state index contributed by atoms with van der Waals surface area (Å²) in [5.41, 5.74) is 8.92. The van der Waals surface area contributed by atoms with Gasteiger partial charge in [-0.15, -0.1) is 0 Å². The second kappa shape index (κ2) is 13.0. The smallest absolute Gasteiger partial charge is 0.143 e. The van der Waals surface area contributed by atoms with E-state index in [1.165, 1.54) is 11.1 Å². The molecule has 0 amide bonds. The molecule has 2 aromatic heterocycles. The SMILES string of the molecule is Cc1ccc2c(c1)Nc1c(cnn1C)CN2.Clc1ccc2c(c1)OCCCN2.Cn1ncc2c1Nc1cc(Cl)ccc1NC2. The first-order valence-electron chi connectivity index (χ1n) is 14.4. The highest BCUT2D eigenvalue weighted by Crippen LogP contribution is 2.34. The van der Waals surface area contributed by atoms with Gasteiger partial charge in [-0.1, -0.05) is 29.3 Å². The van der Waals surface area contributed by atoms with Crippen LogP contribution in [0.25, 0.3) is 0 Å². The summed E-state index contributed by atoms with van der Waals surface area (Å²) in [5, 5.41) is 26.7. The average molecular weight is 633 g/mol. The van der Waals surface area contributed by atoms with Gasteiger partial charge < -0.3 is 31.3 Å². The highest BCUT2D eigenvalue weighted by molar-refractivity contribution is 6.31. The van der Waals surface area contributed by atoms with Gasteiger partial charge in [0.05, 0.1) is 47.4 Å². The van der Waals surface area contributed by atoms with Crippen LogP contribution in [0.2, 0.25) is 10.0 Å². The third-order valence-corrected chi connectivity index (χ3v) is 7.94. The summed E-state index contributed by atoms with van der Waals surface area (Å²) in [6.45, 7) is 5.41. The Morgan fingerprint density at radius 1 is 0.682 bits per heavy atom. The van der Waals surface area contributed by atoms with E-state index in [1.807, 2.05) is 72.3 Å². The summed E-state index contributed by atoms with van der Waals surface area (Å²) in [7, 11) is 3.87. The summed E-state index contributed by atoms with van der Waals surface area (Å²) in [6, 6.07) is 17.8. The molecule has 0 aliphatic carbocycles. The summed E-state index contributed by atoms with van der Waals surface area (Å²) in [4.78, 5) is 0. The fourth-order valence-electron chi connectivity index (χ4n) is 5.11. The molecule has 12 heteroatoms. The lowest BCUT2D eigenvalue weighted by Gasteiger charge is -2.10. The number of halogens is 2. The Kier molecular flexibility index (Phi) is 8.72. The standard InChI is InChI=1S/C12H14N4.C11H11ClN4.C9H10ClNO/c1-8-3-4-10-11(5-8)15-12-9(6-13-10)7-14-16(12)2;1-16-11-7(6-14-16)5-13-9-3-2-8(12)4-10(9)15-11;10-7-2-3-8-9(6-7)12-5-1-4-11-8/h3-5,7,13,15H,6H2,1-2H3;2-4,6,13,15H,5H2,1H3;2-3,6,11H,1,4-5H2. The van der Waals surface area contributed by atoms with Crippen LogP contribution in [0.1, 0.15) is 23.1 Å². The van der Waals surface area contributed by atoms with E-state index in [9.17, 15) is 0 Å². The molecule has 44 heavy (non-hydrogen) atoms. The summed E-state index contributed by atoms with van der Waals surface area (Å²) < 4.78 is 9.18. The van der Waals surface area contributed by atoms with E-state index in [4.69, 9.17) is 27.9 Å². The molecule has 0 atom stereocenters. The number of ether oxygens (including phenoxy) is 1. The van der Waals surface area contributed by atoms with Crippen LogP contribution in [0.5, 0.6) is 5.75 Å². The van der Waals surface area contributed by atoms with Gasteiger partial charge in [-0.05, 0) is 61.4 Å². The molecule has 3 aliphatic heterocycles. The van der Waals surface area contributed by atoms with Gasteiger partial charge in [-0.2, -0.15) is 10.2 Å². The van der Waals surface area contributed by atoms with E-state index in [0.717, 1.165) is 94.1 Å². The zero-order valence-corrected chi connectivity index (χ0v) is 26.4. The number of anilines is 7. The van der Waals surface area contributed by atoms with E-state index >= 15 is 0 Å². The molecule has 0 saturated heterocycles. The highest BCUT2D eigenvalue weighted by atomic mass is 35.5. The Labute approximate surface area is 266 Å². The van der Waals surface area contributed by atoms with Crippen LogP contribution in [0, 0.1) is 6.92 Å². The third kappa shape index (κ3) is 6.66.